The van der Waals surface area contributed by atoms with Gasteiger partial charge in [-0.1, -0.05) is 24.6 Å². The SMILES string of the molecule is Cn1nccc1-c1cccc(CC2CCCCN2)c1. The van der Waals surface area contributed by atoms with Gasteiger partial charge < -0.3 is 5.32 Å². The molecule has 1 unspecified atom stereocenters. The van der Waals surface area contributed by atoms with E-state index in [9.17, 15) is 0 Å². The number of hydrogen-bond acceptors (Lipinski definition) is 2. The van der Waals surface area contributed by atoms with E-state index in [1.165, 1.54) is 42.6 Å². The summed E-state index contributed by atoms with van der Waals surface area (Å²) >= 11 is 0. The van der Waals surface area contributed by atoms with Gasteiger partial charge in [0.2, 0.25) is 0 Å². The number of aryl methyl sites for hydroxylation is 1. The standard InChI is InChI=1S/C16H21N3/c1-19-16(8-10-18-19)14-6-4-5-13(11-14)12-15-7-2-3-9-17-15/h4-6,8,10-11,15,17H,2-3,7,9,12H2,1H3. The van der Waals surface area contributed by atoms with Crippen LogP contribution in [0.5, 0.6) is 0 Å². The van der Waals surface area contributed by atoms with Gasteiger partial charge in [-0.15, -0.1) is 0 Å². The summed E-state index contributed by atoms with van der Waals surface area (Å²) in [4.78, 5) is 0. The van der Waals surface area contributed by atoms with Crippen LogP contribution in [-0.2, 0) is 13.5 Å². The van der Waals surface area contributed by atoms with Crippen molar-refractivity contribution in [1.29, 1.82) is 0 Å². The van der Waals surface area contributed by atoms with E-state index in [4.69, 9.17) is 0 Å². The Morgan fingerprint density at radius 1 is 1.32 bits per heavy atom. The van der Waals surface area contributed by atoms with Crippen molar-refractivity contribution >= 4 is 0 Å². The maximum absolute atomic E-state index is 4.24. The lowest BCUT2D eigenvalue weighted by Gasteiger charge is -2.23. The third-order valence-electron chi connectivity index (χ3n) is 3.94. The fourth-order valence-corrected chi connectivity index (χ4v) is 2.90. The Labute approximate surface area is 114 Å². The summed E-state index contributed by atoms with van der Waals surface area (Å²) < 4.78 is 1.93. The first kappa shape index (κ1) is 12.4. The highest BCUT2D eigenvalue weighted by Gasteiger charge is 2.13. The molecule has 3 nitrogen and oxygen atoms in total. The topological polar surface area (TPSA) is 29.9 Å². The Kier molecular flexibility index (Phi) is 3.65. The first-order valence-corrected chi connectivity index (χ1v) is 7.13. The predicted molar refractivity (Wildman–Crippen MR) is 78.0 cm³/mol. The van der Waals surface area contributed by atoms with Gasteiger partial charge in [0.25, 0.3) is 0 Å². The fourth-order valence-electron chi connectivity index (χ4n) is 2.90. The van der Waals surface area contributed by atoms with Crippen molar-refractivity contribution in [1.82, 2.24) is 15.1 Å². The molecule has 0 spiro atoms. The van der Waals surface area contributed by atoms with Crippen molar-refractivity contribution in [3.63, 3.8) is 0 Å². The Balaban J connectivity index is 1.78. The summed E-state index contributed by atoms with van der Waals surface area (Å²) in [6, 6.07) is 11.6. The minimum atomic E-state index is 0.649. The molecule has 1 aliphatic heterocycles. The second kappa shape index (κ2) is 5.57. The molecule has 0 radical (unpaired) electrons. The molecule has 0 saturated carbocycles. The summed E-state index contributed by atoms with van der Waals surface area (Å²) in [7, 11) is 1.99. The molecule has 3 rings (SSSR count). The summed E-state index contributed by atoms with van der Waals surface area (Å²) in [6.07, 6.45) is 6.97. The third-order valence-corrected chi connectivity index (χ3v) is 3.94. The van der Waals surface area contributed by atoms with Crippen molar-refractivity contribution < 1.29 is 0 Å². The molecule has 0 bridgehead atoms. The smallest absolute Gasteiger partial charge is 0.0678 e. The van der Waals surface area contributed by atoms with Crippen molar-refractivity contribution in [3.8, 4) is 11.3 Å². The lowest BCUT2D eigenvalue weighted by atomic mass is 9.96. The largest absolute Gasteiger partial charge is 0.314 e. The molecule has 3 heteroatoms. The Bertz CT molecular complexity index is 538. The van der Waals surface area contributed by atoms with Gasteiger partial charge in [-0.25, -0.2) is 0 Å². The summed E-state index contributed by atoms with van der Waals surface area (Å²) in [5.74, 6) is 0. The first-order valence-electron chi connectivity index (χ1n) is 7.13. The van der Waals surface area contributed by atoms with Crippen molar-refractivity contribution in [3.05, 3.63) is 42.1 Å². The number of aromatic nitrogens is 2. The van der Waals surface area contributed by atoms with Crippen LogP contribution in [0.2, 0.25) is 0 Å². The molecular formula is C16H21N3. The molecule has 2 aromatic rings. The zero-order valence-electron chi connectivity index (χ0n) is 11.5. The lowest BCUT2D eigenvalue weighted by molar-refractivity contribution is 0.399. The van der Waals surface area contributed by atoms with Crippen LogP contribution >= 0.6 is 0 Å². The molecule has 19 heavy (non-hydrogen) atoms. The van der Waals surface area contributed by atoms with Crippen LogP contribution in [-0.4, -0.2) is 22.4 Å². The van der Waals surface area contributed by atoms with Crippen LogP contribution in [0.4, 0.5) is 0 Å². The molecule has 1 atom stereocenters. The van der Waals surface area contributed by atoms with Crippen LogP contribution in [0.3, 0.4) is 0 Å². The number of nitrogens with one attached hydrogen (secondary N) is 1. The second-order valence-electron chi connectivity index (χ2n) is 5.39. The maximum atomic E-state index is 4.24. The second-order valence-corrected chi connectivity index (χ2v) is 5.39. The molecule has 100 valence electrons. The summed E-state index contributed by atoms with van der Waals surface area (Å²) in [5.41, 5.74) is 3.85. The van der Waals surface area contributed by atoms with Crippen LogP contribution in [0.1, 0.15) is 24.8 Å². The number of rotatable bonds is 3. The molecule has 2 heterocycles. The van der Waals surface area contributed by atoms with E-state index in [1.807, 2.05) is 17.9 Å². The minimum Gasteiger partial charge on any atom is -0.314 e. The monoisotopic (exact) mass is 255 g/mol. The van der Waals surface area contributed by atoms with Crippen LogP contribution < -0.4 is 5.32 Å². The fraction of sp³-hybridized carbons (Fsp3) is 0.438. The van der Waals surface area contributed by atoms with Gasteiger partial charge in [0, 0.05) is 24.8 Å². The average molecular weight is 255 g/mol. The predicted octanol–water partition coefficient (Wildman–Crippen LogP) is 2.77. The highest BCUT2D eigenvalue weighted by Crippen LogP contribution is 2.21. The lowest BCUT2D eigenvalue weighted by Crippen LogP contribution is -2.35. The van der Waals surface area contributed by atoms with Gasteiger partial charge in [-0.3, -0.25) is 4.68 Å². The van der Waals surface area contributed by atoms with Gasteiger partial charge in [0.05, 0.1) is 5.69 Å². The van der Waals surface area contributed by atoms with Gasteiger partial charge in [0.1, 0.15) is 0 Å². The molecule has 1 aromatic carbocycles. The number of benzene rings is 1. The molecule has 1 N–H and O–H groups in total. The maximum Gasteiger partial charge on any atom is 0.0678 e. The van der Waals surface area contributed by atoms with E-state index < -0.39 is 0 Å². The zero-order valence-corrected chi connectivity index (χ0v) is 11.5. The van der Waals surface area contributed by atoms with E-state index in [2.05, 4.69) is 40.7 Å². The van der Waals surface area contributed by atoms with Gasteiger partial charge in [0.15, 0.2) is 0 Å². The van der Waals surface area contributed by atoms with E-state index in [1.54, 1.807) is 0 Å². The third kappa shape index (κ3) is 2.87. The summed E-state index contributed by atoms with van der Waals surface area (Å²) in [6.45, 7) is 1.17. The number of piperidine rings is 1. The molecule has 1 aliphatic rings. The molecule has 0 amide bonds. The molecule has 1 saturated heterocycles. The molecule has 1 aromatic heterocycles. The van der Waals surface area contributed by atoms with Gasteiger partial charge >= 0.3 is 0 Å². The van der Waals surface area contributed by atoms with Crippen molar-refractivity contribution in [2.45, 2.75) is 31.7 Å². The summed E-state index contributed by atoms with van der Waals surface area (Å²) in [5, 5.41) is 7.86. The Morgan fingerprint density at radius 3 is 3.00 bits per heavy atom. The Morgan fingerprint density at radius 2 is 2.26 bits per heavy atom. The van der Waals surface area contributed by atoms with Crippen molar-refractivity contribution in [2.24, 2.45) is 7.05 Å². The highest BCUT2D eigenvalue weighted by atomic mass is 15.2. The quantitative estimate of drug-likeness (QED) is 0.914. The van der Waals surface area contributed by atoms with Gasteiger partial charge in [-0.05, 0) is 43.5 Å². The van der Waals surface area contributed by atoms with Crippen molar-refractivity contribution in [2.75, 3.05) is 6.54 Å². The van der Waals surface area contributed by atoms with E-state index >= 15 is 0 Å². The Hall–Kier alpha value is -1.61. The van der Waals surface area contributed by atoms with Crippen LogP contribution in [0.15, 0.2) is 36.5 Å². The van der Waals surface area contributed by atoms with Crippen LogP contribution in [0.25, 0.3) is 11.3 Å². The molecular weight excluding hydrogens is 234 g/mol. The average Bonchev–Trinajstić information content (AvgIpc) is 2.86. The molecule has 1 fully saturated rings. The number of hydrogen-bond donors (Lipinski definition) is 1. The van der Waals surface area contributed by atoms with E-state index in [0.717, 1.165) is 6.42 Å². The van der Waals surface area contributed by atoms with E-state index in [0.29, 0.717) is 6.04 Å². The number of nitrogens with zero attached hydrogens (tertiary/aromatic N) is 2. The van der Waals surface area contributed by atoms with E-state index in [-0.39, 0.29) is 0 Å². The first-order chi connectivity index (χ1) is 9.33. The van der Waals surface area contributed by atoms with Gasteiger partial charge in [-0.2, -0.15) is 5.10 Å². The highest BCUT2D eigenvalue weighted by molar-refractivity contribution is 5.60. The minimum absolute atomic E-state index is 0.649. The normalized spacial score (nSPS) is 19.5. The molecule has 0 aliphatic carbocycles. The van der Waals surface area contributed by atoms with Crippen LogP contribution in [0, 0.1) is 0 Å². The zero-order chi connectivity index (χ0) is 13.1.